The molecule has 0 heterocycles. The van der Waals surface area contributed by atoms with E-state index in [4.69, 9.17) is 4.74 Å². The van der Waals surface area contributed by atoms with Crippen LogP contribution in [0, 0.1) is 5.92 Å². The average molecular weight is 606 g/mol. The first-order chi connectivity index (χ1) is 20.8. The monoisotopic (exact) mass is 605 g/mol. The summed E-state index contributed by atoms with van der Waals surface area (Å²) in [5.74, 6) is 0.825. The fraction of sp³-hybridized carbons (Fsp3) is 0.441. The van der Waals surface area contributed by atoms with E-state index in [0.29, 0.717) is 25.3 Å². The molecule has 2 N–H and O–H groups in total. The van der Waals surface area contributed by atoms with Crippen molar-refractivity contribution in [1.29, 1.82) is 0 Å². The number of aryl methyl sites for hydroxylation is 1. The second kappa shape index (κ2) is 14.4. The Morgan fingerprint density at radius 3 is 2.37 bits per heavy atom. The van der Waals surface area contributed by atoms with Gasteiger partial charge in [-0.25, -0.2) is 13.2 Å². The van der Waals surface area contributed by atoms with Gasteiger partial charge in [-0.15, -0.1) is 0 Å². The number of fused-ring (bicyclic) bond motifs is 1. The Hall–Kier alpha value is -3.40. The minimum atomic E-state index is -3.87. The molecule has 3 aromatic carbocycles. The molecule has 2 amide bonds. The number of aliphatic hydroxyl groups is 1. The normalized spacial score (nSPS) is 17.5. The molecule has 0 aliphatic heterocycles. The summed E-state index contributed by atoms with van der Waals surface area (Å²) >= 11 is 0. The molecule has 0 saturated heterocycles. The lowest BCUT2D eigenvalue weighted by Crippen LogP contribution is -2.49. The van der Waals surface area contributed by atoms with Gasteiger partial charge < -0.3 is 20.1 Å². The first kappa shape index (κ1) is 31.0. The van der Waals surface area contributed by atoms with Crippen molar-refractivity contribution in [2.75, 3.05) is 33.3 Å². The van der Waals surface area contributed by atoms with Crippen LogP contribution < -0.4 is 10.1 Å². The number of rotatable bonds is 13. The molecular formula is C34H43N3O5S. The number of carbonyl (C=O) groups excluding carboxylic acids is 1. The third kappa shape index (κ3) is 7.96. The van der Waals surface area contributed by atoms with Crippen LogP contribution >= 0.6 is 0 Å². The summed E-state index contributed by atoms with van der Waals surface area (Å²) in [6.45, 7) is 0.675. The third-order valence-corrected chi connectivity index (χ3v) is 10.6. The molecule has 9 heteroatoms. The Labute approximate surface area is 255 Å². The van der Waals surface area contributed by atoms with Crippen LogP contribution in [-0.2, 0) is 22.9 Å². The molecule has 43 heavy (non-hydrogen) atoms. The topological polar surface area (TPSA) is 99.2 Å². The van der Waals surface area contributed by atoms with Gasteiger partial charge in [0.25, 0.3) is 0 Å². The number of amides is 2. The molecule has 1 fully saturated rings. The second-order valence-electron chi connectivity index (χ2n) is 11.7. The standard InChI is InChI=1S/C34H43N3O5S/c1-42-30-16-18-31(19-17-30)43(40,41)37(23-27-11-5-6-12-27)25-29(38)24-36(22-21-26-9-3-2-4-10-26)34(39)35-33-20-15-28-13-7-8-14-32(28)33/h2-4,7-10,13-14,16-19,27,29,33,38H,5-6,11-12,15,20-25H2,1H3,(H,35,39)/t29-,33?/m0/s1. The van der Waals surface area contributed by atoms with Crippen LogP contribution in [0.3, 0.4) is 0 Å². The van der Waals surface area contributed by atoms with Crippen molar-refractivity contribution in [3.63, 3.8) is 0 Å². The van der Waals surface area contributed by atoms with E-state index < -0.39 is 16.1 Å². The lowest BCUT2D eigenvalue weighted by atomic mass is 10.1. The number of hydrogen-bond donors (Lipinski definition) is 2. The van der Waals surface area contributed by atoms with Crippen molar-refractivity contribution in [1.82, 2.24) is 14.5 Å². The van der Waals surface area contributed by atoms with Crippen LogP contribution in [0.1, 0.15) is 54.8 Å². The number of carbonyl (C=O) groups is 1. The Balaban J connectivity index is 1.32. The zero-order valence-corrected chi connectivity index (χ0v) is 25.7. The molecule has 2 atom stereocenters. The van der Waals surface area contributed by atoms with Crippen molar-refractivity contribution in [2.45, 2.75) is 62.0 Å². The molecule has 5 rings (SSSR count). The summed E-state index contributed by atoms with van der Waals surface area (Å²) in [7, 11) is -2.33. The highest BCUT2D eigenvalue weighted by atomic mass is 32.2. The largest absolute Gasteiger partial charge is 0.497 e. The van der Waals surface area contributed by atoms with Crippen molar-refractivity contribution in [3.8, 4) is 5.75 Å². The Morgan fingerprint density at radius 2 is 1.65 bits per heavy atom. The van der Waals surface area contributed by atoms with E-state index in [9.17, 15) is 18.3 Å². The van der Waals surface area contributed by atoms with E-state index in [0.717, 1.165) is 49.7 Å². The summed E-state index contributed by atoms with van der Waals surface area (Å²) in [5, 5.41) is 14.6. The average Bonchev–Trinajstić information content (AvgIpc) is 3.69. The second-order valence-corrected chi connectivity index (χ2v) is 13.7. The van der Waals surface area contributed by atoms with Gasteiger partial charge >= 0.3 is 6.03 Å². The fourth-order valence-corrected chi connectivity index (χ4v) is 7.88. The van der Waals surface area contributed by atoms with Gasteiger partial charge in [-0.2, -0.15) is 4.31 Å². The molecule has 0 radical (unpaired) electrons. The summed E-state index contributed by atoms with van der Waals surface area (Å²) < 4.78 is 34.3. The van der Waals surface area contributed by atoms with E-state index in [1.54, 1.807) is 29.2 Å². The molecule has 0 spiro atoms. The summed E-state index contributed by atoms with van der Waals surface area (Å²) in [4.78, 5) is 15.5. The van der Waals surface area contributed by atoms with E-state index in [2.05, 4.69) is 17.4 Å². The lowest BCUT2D eigenvalue weighted by Gasteiger charge is -2.31. The predicted molar refractivity (Wildman–Crippen MR) is 167 cm³/mol. The number of ether oxygens (including phenoxy) is 1. The van der Waals surface area contributed by atoms with Crippen molar-refractivity contribution in [3.05, 3.63) is 95.6 Å². The molecule has 1 unspecified atom stereocenters. The molecular weight excluding hydrogens is 562 g/mol. The van der Waals surface area contributed by atoms with Gasteiger partial charge in [0.1, 0.15) is 5.75 Å². The van der Waals surface area contributed by atoms with Crippen molar-refractivity contribution < 1.29 is 23.1 Å². The molecule has 8 nitrogen and oxygen atoms in total. The lowest BCUT2D eigenvalue weighted by molar-refractivity contribution is 0.0998. The maximum Gasteiger partial charge on any atom is 0.317 e. The van der Waals surface area contributed by atoms with E-state index in [-0.39, 0.29) is 36.0 Å². The smallest absolute Gasteiger partial charge is 0.317 e. The van der Waals surface area contributed by atoms with Crippen LogP contribution in [0.5, 0.6) is 5.75 Å². The fourth-order valence-electron chi connectivity index (χ4n) is 6.33. The van der Waals surface area contributed by atoms with Crippen LogP contribution in [0.4, 0.5) is 4.79 Å². The molecule has 2 aliphatic carbocycles. The van der Waals surface area contributed by atoms with Gasteiger partial charge in [-0.05, 0) is 79.0 Å². The number of sulfonamides is 1. The highest BCUT2D eigenvalue weighted by molar-refractivity contribution is 7.89. The summed E-state index contributed by atoms with van der Waals surface area (Å²) in [6, 6.07) is 24.1. The minimum Gasteiger partial charge on any atom is -0.497 e. The van der Waals surface area contributed by atoms with Crippen molar-refractivity contribution in [2.24, 2.45) is 5.92 Å². The molecule has 0 bridgehead atoms. The molecule has 3 aromatic rings. The van der Waals surface area contributed by atoms with Gasteiger partial charge in [0, 0.05) is 26.2 Å². The van der Waals surface area contributed by atoms with E-state index in [1.807, 2.05) is 42.5 Å². The highest BCUT2D eigenvalue weighted by Crippen LogP contribution is 2.31. The quantitative estimate of drug-likeness (QED) is 0.280. The first-order valence-corrected chi connectivity index (χ1v) is 16.8. The van der Waals surface area contributed by atoms with Gasteiger partial charge in [0.2, 0.25) is 10.0 Å². The number of urea groups is 1. The SMILES string of the molecule is COc1ccc(S(=O)(=O)N(CC2CCCC2)C[C@@H](O)CN(CCc2ccccc2)C(=O)NC2CCc3ccccc32)cc1. The molecule has 2 aliphatic rings. The van der Waals surface area contributed by atoms with Gasteiger partial charge in [0.05, 0.1) is 24.2 Å². The van der Waals surface area contributed by atoms with E-state index in [1.165, 1.54) is 17.0 Å². The Morgan fingerprint density at radius 1 is 0.953 bits per heavy atom. The number of benzene rings is 3. The zero-order valence-electron chi connectivity index (χ0n) is 24.9. The van der Waals surface area contributed by atoms with Crippen LogP contribution in [0.2, 0.25) is 0 Å². The van der Waals surface area contributed by atoms with E-state index >= 15 is 0 Å². The number of methoxy groups -OCH3 is 1. The zero-order chi connectivity index (χ0) is 30.2. The number of nitrogens with zero attached hydrogens (tertiary/aromatic N) is 2. The minimum absolute atomic E-state index is 0.0202. The Bertz CT molecular complexity index is 1440. The predicted octanol–water partition coefficient (Wildman–Crippen LogP) is 5.18. The number of aliphatic hydroxyl groups excluding tert-OH is 1. The van der Waals surface area contributed by atoms with Gasteiger partial charge in [-0.1, -0.05) is 67.4 Å². The van der Waals surface area contributed by atoms with Crippen LogP contribution in [0.15, 0.2) is 83.8 Å². The van der Waals surface area contributed by atoms with Crippen molar-refractivity contribution >= 4 is 16.1 Å². The summed E-state index contributed by atoms with van der Waals surface area (Å²) in [6.07, 6.45) is 5.41. The summed E-state index contributed by atoms with van der Waals surface area (Å²) in [5.41, 5.74) is 3.47. The Kier molecular flexibility index (Phi) is 10.4. The number of nitrogens with one attached hydrogen (secondary N) is 1. The first-order valence-electron chi connectivity index (χ1n) is 15.3. The van der Waals surface area contributed by atoms with Gasteiger partial charge in [0.15, 0.2) is 0 Å². The molecule has 230 valence electrons. The highest BCUT2D eigenvalue weighted by Gasteiger charge is 2.32. The molecule has 0 aromatic heterocycles. The van der Waals surface area contributed by atoms with Crippen LogP contribution in [-0.4, -0.2) is 68.2 Å². The third-order valence-electron chi connectivity index (χ3n) is 8.71. The number of hydrogen-bond acceptors (Lipinski definition) is 5. The maximum atomic E-state index is 13.8. The maximum absolute atomic E-state index is 13.8. The molecule has 1 saturated carbocycles. The van der Waals surface area contributed by atoms with Gasteiger partial charge in [-0.3, -0.25) is 0 Å². The van der Waals surface area contributed by atoms with Crippen LogP contribution in [0.25, 0.3) is 0 Å².